The number of nitrogens with zero attached hydrogens (tertiary/aromatic N) is 1. The summed E-state index contributed by atoms with van der Waals surface area (Å²) in [5.41, 5.74) is 6.71. The zero-order valence-electron chi connectivity index (χ0n) is 13.0. The number of carbonyl (C=O) groups excluding carboxylic acids is 1. The molecule has 0 fully saturated rings. The van der Waals surface area contributed by atoms with Crippen molar-refractivity contribution in [2.75, 3.05) is 11.9 Å². The zero-order chi connectivity index (χ0) is 15.4. The maximum atomic E-state index is 12.0. The molecule has 1 amide bonds. The summed E-state index contributed by atoms with van der Waals surface area (Å²) in [4.78, 5) is 16.4. The lowest BCUT2D eigenvalue weighted by Crippen LogP contribution is -2.36. The molecular weight excluding hydrogens is 322 g/mol. The number of fused-ring (bicyclic) bond motifs is 1. The molecule has 0 aliphatic heterocycles. The van der Waals surface area contributed by atoms with E-state index in [2.05, 4.69) is 10.3 Å². The Morgan fingerprint density at radius 1 is 1.45 bits per heavy atom. The number of amides is 1. The summed E-state index contributed by atoms with van der Waals surface area (Å²) >= 11 is 1.42. The van der Waals surface area contributed by atoms with Crippen LogP contribution in [0.5, 0.6) is 5.75 Å². The van der Waals surface area contributed by atoms with Gasteiger partial charge < -0.3 is 15.8 Å². The lowest BCUT2D eigenvalue weighted by molar-refractivity contribution is -0.117. The molecule has 0 saturated heterocycles. The lowest BCUT2D eigenvalue weighted by Gasteiger charge is -2.12. The molecular formula is C15H22ClN3O2S. The third-order valence-corrected chi connectivity index (χ3v) is 3.90. The van der Waals surface area contributed by atoms with E-state index in [-0.39, 0.29) is 18.3 Å². The van der Waals surface area contributed by atoms with Crippen molar-refractivity contribution in [3.63, 3.8) is 0 Å². The Bertz CT molecular complexity index is 630. The molecule has 0 bridgehead atoms. The average molecular weight is 344 g/mol. The molecule has 5 nitrogen and oxygen atoms in total. The summed E-state index contributed by atoms with van der Waals surface area (Å²) in [6.07, 6.45) is 0.658. The quantitative estimate of drug-likeness (QED) is 0.842. The topological polar surface area (TPSA) is 77.2 Å². The predicted octanol–water partition coefficient (Wildman–Crippen LogP) is 3.43. The second-order valence-electron chi connectivity index (χ2n) is 5.31. The average Bonchev–Trinajstić information content (AvgIpc) is 2.79. The van der Waals surface area contributed by atoms with Gasteiger partial charge in [-0.05, 0) is 37.5 Å². The Hall–Kier alpha value is -1.37. The molecule has 0 spiro atoms. The fourth-order valence-corrected chi connectivity index (χ4v) is 2.93. The Kier molecular flexibility index (Phi) is 7.06. The number of rotatable bonds is 6. The summed E-state index contributed by atoms with van der Waals surface area (Å²) in [5, 5.41) is 3.36. The fraction of sp³-hybridized carbons (Fsp3) is 0.467. The van der Waals surface area contributed by atoms with Gasteiger partial charge in [0.15, 0.2) is 5.13 Å². The first kappa shape index (κ1) is 18.7. The van der Waals surface area contributed by atoms with Crippen molar-refractivity contribution < 1.29 is 9.53 Å². The number of anilines is 1. The van der Waals surface area contributed by atoms with Crippen LogP contribution < -0.4 is 15.8 Å². The van der Waals surface area contributed by atoms with Gasteiger partial charge in [0.1, 0.15) is 5.75 Å². The van der Waals surface area contributed by atoms with Crippen LogP contribution >= 0.6 is 23.7 Å². The summed E-state index contributed by atoms with van der Waals surface area (Å²) in [7, 11) is 0. The molecule has 2 rings (SSSR count). The molecule has 0 aliphatic carbocycles. The number of nitrogens with two attached hydrogens (primary N) is 1. The largest absolute Gasteiger partial charge is 0.494 e. The van der Waals surface area contributed by atoms with Gasteiger partial charge in [0.05, 0.1) is 22.9 Å². The maximum absolute atomic E-state index is 12.0. The van der Waals surface area contributed by atoms with Crippen molar-refractivity contribution >= 4 is 45.0 Å². The number of carbonyl (C=O) groups is 1. The van der Waals surface area contributed by atoms with Crippen LogP contribution in [0.2, 0.25) is 0 Å². The number of halogens is 1. The normalized spacial score (nSPS) is 12.0. The Labute approximate surface area is 140 Å². The van der Waals surface area contributed by atoms with Crippen molar-refractivity contribution in [1.82, 2.24) is 4.98 Å². The molecule has 0 saturated carbocycles. The minimum atomic E-state index is -0.504. The van der Waals surface area contributed by atoms with Crippen LogP contribution in [0.3, 0.4) is 0 Å². The Balaban J connectivity index is 0.00000242. The standard InChI is InChI=1S/C15H21N3O2S.ClH/c1-4-20-10-5-6-12-13(8-10)21-15(17-12)18-14(19)11(16)7-9(2)3;/h5-6,8-9,11H,4,7,16H2,1-3H3,(H,17,18,19);1H/t11-;/m0./s1. The van der Waals surface area contributed by atoms with E-state index in [4.69, 9.17) is 10.5 Å². The predicted molar refractivity (Wildman–Crippen MR) is 94.1 cm³/mol. The molecule has 3 N–H and O–H groups in total. The van der Waals surface area contributed by atoms with Crippen LogP contribution in [-0.4, -0.2) is 23.5 Å². The molecule has 1 heterocycles. The van der Waals surface area contributed by atoms with Gasteiger partial charge in [0, 0.05) is 0 Å². The molecule has 0 unspecified atom stereocenters. The molecule has 1 atom stereocenters. The monoisotopic (exact) mass is 343 g/mol. The van der Waals surface area contributed by atoms with Crippen molar-refractivity contribution in [3.8, 4) is 5.75 Å². The summed E-state index contributed by atoms with van der Waals surface area (Å²) in [6, 6.07) is 5.19. The highest BCUT2D eigenvalue weighted by atomic mass is 35.5. The van der Waals surface area contributed by atoms with Crippen LogP contribution in [-0.2, 0) is 4.79 Å². The van der Waals surface area contributed by atoms with E-state index in [0.717, 1.165) is 16.0 Å². The number of hydrogen-bond acceptors (Lipinski definition) is 5. The van der Waals surface area contributed by atoms with Crippen LogP contribution in [0.1, 0.15) is 27.2 Å². The van der Waals surface area contributed by atoms with Crippen molar-refractivity contribution in [1.29, 1.82) is 0 Å². The van der Waals surface area contributed by atoms with Gasteiger partial charge in [-0.2, -0.15) is 0 Å². The van der Waals surface area contributed by atoms with E-state index < -0.39 is 6.04 Å². The van der Waals surface area contributed by atoms with E-state index in [1.807, 2.05) is 39.0 Å². The van der Waals surface area contributed by atoms with Gasteiger partial charge in [0.2, 0.25) is 5.91 Å². The SMILES string of the molecule is CCOc1ccc2nc(NC(=O)[C@@H](N)CC(C)C)sc2c1.Cl. The maximum Gasteiger partial charge on any atom is 0.243 e. The highest BCUT2D eigenvalue weighted by Crippen LogP contribution is 2.29. The first-order valence-corrected chi connectivity index (χ1v) is 7.91. The van der Waals surface area contributed by atoms with Crippen LogP contribution in [0.15, 0.2) is 18.2 Å². The van der Waals surface area contributed by atoms with Crippen molar-refractivity contribution in [2.45, 2.75) is 33.2 Å². The van der Waals surface area contributed by atoms with Gasteiger partial charge in [-0.15, -0.1) is 12.4 Å². The minimum absolute atomic E-state index is 0. The number of benzene rings is 1. The van der Waals surface area contributed by atoms with Gasteiger partial charge in [-0.1, -0.05) is 25.2 Å². The number of nitrogens with one attached hydrogen (secondary N) is 1. The van der Waals surface area contributed by atoms with Crippen molar-refractivity contribution in [2.24, 2.45) is 11.7 Å². The molecule has 1 aromatic carbocycles. The van der Waals surface area contributed by atoms with E-state index in [9.17, 15) is 4.79 Å². The zero-order valence-corrected chi connectivity index (χ0v) is 14.6. The number of aromatic nitrogens is 1. The van der Waals surface area contributed by atoms with Gasteiger partial charge in [-0.25, -0.2) is 4.98 Å². The second kappa shape index (κ2) is 8.31. The van der Waals surface area contributed by atoms with E-state index in [1.54, 1.807) is 0 Å². The number of ether oxygens (including phenoxy) is 1. The second-order valence-corrected chi connectivity index (χ2v) is 6.34. The third kappa shape index (κ3) is 4.83. The molecule has 1 aromatic heterocycles. The lowest BCUT2D eigenvalue weighted by atomic mass is 10.0. The van der Waals surface area contributed by atoms with E-state index in [1.165, 1.54) is 11.3 Å². The molecule has 0 aliphatic rings. The first-order chi connectivity index (χ1) is 9.99. The van der Waals surface area contributed by atoms with Gasteiger partial charge in [0.25, 0.3) is 0 Å². The van der Waals surface area contributed by atoms with Gasteiger partial charge in [-0.3, -0.25) is 4.79 Å². The van der Waals surface area contributed by atoms with E-state index >= 15 is 0 Å². The molecule has 122 valence electrons. The van der Waals surface area contributed by atoms with Crippen LogP contribution in [0.4, 0.5) is 5.13 Å². The smallest absolute Gasteiger partial charge is 0.243 e. The molecule has 2 aromatic rings. The Morgan fingerprint density at radius 3 is 2.82 bits per heavy atom. The first-order valence-electron chi connectivity index (χ1n) is 7.09. The highest BCUT2D eigenvalue weighted by molar-refractivity contribution is 7.22. The Morgan fingerprint density at radius 2 is 2.18 bits per heavy atom. The third-order valence-electron chi connectivity index (χ3n) is 2.96. The molecule has 22 heavy (non-hydrogen) atoms. The highest BCUT2D eigenvalue weighted by Gasteiger charge is 2.16. The summed E-state index contributed by atoms with van der Waals surface area (Å²) in [5.74, 6) is 1.01. The molecule has 0 radical (unpaired) electrons. The number of hydrogen-bond donors (Lipinski definition) is 2. The van der Waals surface area contributed by atoms with E-state index in [0.29, 0.717) is 24.1 Å². The minimum Gasteiger partial charge on any atom is -0.494 e. The summed E-state index contributed by atoms with van der Waals surface area (Å²) in [6.45, 7) is 6.65. The molecule has 7 heteroatoms. The van der Waals surface area contributed by atoms with Crippen LogP contribution in [0, 0.1) is 5.92 Å². The fourth-order valence-electron chi connectivity index (χ4n) is 2.03. The van der Waals surface area contributed by atoms with Crippen molar-refractivity contribution in [3.05, 3.63) is 18.2 Å². The number of thiazole rings is 1. The summed E-state index contributed by atoms with van der Waals surface area (Å²) < 4.78 is 6.44. The van der Waals surface area contributed by atoms with Crippen LogP contribution in [0.25, 0.3) is 10.2 Å². The van der Waals surface area contributed by atoms with Gasteiger partial charge >= 0.3 is 0 Å².